The Morgan fingerprint density at radius 1 is 0.386 bits per heavy atom. The zero-order chi connectivity index (χ0) is 42.6. The smallest absolute Gasteiger partial charge is 0.325 e. The molecule has 0 aromatic heterocycles. The number of methoxy groups -OCH3 is 2. The molecule has 340 valence electrons. The van der Waals surface area contributed by atoms with Crippen LogP contribution >= 0.6 is 0 Å². The minimum Gasteiger partial charge on any atom is -0.468 e. The standard InChI is InChI=1S/C49H98N2O6/c1-11-13-15-17-19-21-23-25-27-29-31-34-38-50(44(46(52)54-9)42-56-48(3,4)5)40-36-33-37-41-51(45(47(53)55-10)43-57-49(6,7)8)39-35-32-30-28-26-24-22-20-18-16-14-12-2/h44-45H,11-43H2,1-10H3/t44-,45-/m0/s1. The van der Waals surface area contributed by atoms with Crippen molar-refractivity contribution >= 4 is 11.9 Å². The first-order valence-corrected chi connectivity index (χ1v) is 24.2. The van der Waals surface area contributed by atoms with Gasteiger partial charge >= 0.3 is 11.9 Å². The lowest BCUT2D eigenvalue weighted by atomic mass is 10.0. The molecule has 0 aliphatic carbocycles. The Morgan fingerprint density at radius 2 is 0.596 bits per heavy atom. The molecule has 2 atom stereocenters. The van der Waals surface area contributed by atoms with Crippen LogP contribution in [-0.4, -0.2) is 98.6 Å². The van der Waals surface area contributed by atoms with Crippen molar-refractivity contribution in [2.75, 3.05) is 53.6 Å². The van der Waals surface area contributed by atoms with Crippen molar-refractivity contribution in [3.8, 4) is 0 Å². The van der Waals surface area contributed by atoms with Crippen LogP contribution in [0.1, 0.15) is 229 Å². The van der Waals surface area contributed by atoms with Gasteiger partial charge in [0.2, 0.25) is 0 Å². The van der Waals surface area contributed by atoms with Gasteiger partial charge in [0.25, 0.3) is 0 Å². The van der Waals surface area contributed by atoms with Crippen molar-refractivity contribution in [1.29, 1.82) is 0 Å². The Bertz CT molecular complexity index is 845. The molecule has 0 unspecified atom stereocenters. The van der Waals surface area contributed by atoms with Gasteiger partial charge in [-0.3, -0.25) is 19.4 Å². The van der Waals surface area contributed by atoms with E-state index in [1.54, 1.807) is 0 Å². The molecule has 0 saturated heterocycles. The molecular formula is C49H98N2O6. The quantitative estimate of drug-likeness (QED) is 0.0447. The molecule has 0 aromatic rings. The maximum Gasteiger partial charge on any atom is 0.325 e. The van der Waals surface area contributed by atoms with Gasteiger partial charge in [0.15, 0.2) is 0 Å². The molecule has 0 aromatic carbocycles. The molecule has 0 rings (SSSR count). The van der Waals surface area contributed by atoms with Crippen LogP contribution in [0.15, 0.2) is 0 Å². The Morgan fingerprint density at radius 3 is 0.807 bits per heavy atom. The van der Waals surface area contributed by atoms with Crippen LogP contribution < -0.4 is 0 Å². The van der Waals surface area contributed by atoms with Gasteiger partial charge in [0.05, 0.1) is 38.6 Å². The van der Waals surface area contributed by atoms with E-state index in [-0.39, 0.29) is 23.1 Å². The molecule has 8 heteroatoms. The maximum absolute atomic E-state index is 13.1. The van der Waals surface area contributed by atoms with Crippen molar-refractivity contribution in [2.24, 2.45) is 0 Å². The summed E-state index contributed by atoms with van der Waals surface area (Å²) >= 11 is 0. The van der Waals surface area contributed by atoms with E-state index in [0.717, 1.165) is 58.3 Å². The Balaban J connectivity index is 5.23. The number of carbonyl (C=O) groups is 2. The summed E-state index contributed by atoms with van der Waals surface area (Å²) in [5.41, 5.74) is -0.671. The third kappa shape index (κ3) is 34.2. The molecule has 0 fully saturated rings. The minimum absolute atomic E-state index is 0.216. The van der Waals surface area contributed by atoms with E-state index in [1.807, 2.05) is 41.5 Å². The normalized spacial score (nSPS) is 13.4. The fourth-order valence-electron chi connectivity index (χ4n) is 7.54. The number of hydrogen-bond acceptors (Lipinski definition) is 8. The number of carbonyl (C=O) groups excluding carboxylic acids is 2. The van der Waals surface area contributed by atoms with Gasteiger partial charge in [-0.1, -0.05) is 162 Å². The van der Waals surface area contributed by atoms with E-state index in [1.165, 1.54) is 155 Å². The largest absolute Gasteiger partial charge is 0.468 e. The summed E-state index contributed by atoms with van der Waals surface area (Å²) in [6.45, 7) is 20.8. The molecule has 8 nitrogen and oxygen atoms in total. The summed E-state index contributed by atoms with van der Waals surface area (Å²) in [4.78, 5) is 30.9. The highest BCUT2D eigenvalue weighted by Crippen LogP contribution is 2.19. The number of esters is 2. The highest BCUT2D eigenvalue weighted by Gasteiger charge is 2.30. The first kappa shape index (κ1) is 55.8. The fraction of sp³-hybridized carbons (Fsp3) is 0.959. The van der Waals surface area contributed by atoms with Crippen LogP contribution in [0.3, 0.4) is 0 Å². The van der Waals surface area contributed by atoms with Crippen LogP contribution in [0.4, 0.5) is 0 Å². The molecule has 0 amide bonds. The van der Waals surface area contributed by atoms with Gasteiger partial charge in [-0.15, -0.1) is 0 Å². The summed E-state index contributed by atoms with van der Waals surface area (Å²) in [5.74, 6) is -0.432. The van der Waals surface area contributed by atoms with Crippen molar-refractivity contribution in [3.63, 3.8) is 0 Å². The molecule has 0 aliphatic heterocycles. The van der Waals surface area contributed by atoms with Gasteiger partial charge in [-0.25, -0.2) is 0 Å². The molecule has 0 bridgehead atoms. The van der Waals surface area contributed by atoms with Gasteiger partial charge in [-0.05, 0) is 93.4 Å². The van der Waals surface area contributed by atoms with Gasteiger partial charge in [0.1, 0.15) is 12.1 Å². The number of ether oxygens (including phenoxy) is 4. The zero-order valence-electron chi connectivity index (χ0n) is 39.8. The molecule has 0 saturated carbocycles. The van der Waals surface area contributed by atoms with E-state index < -0.39 is 12.1 Å². The summed E-state index contributed by atoms with van der Waals surface area (Å²) in [6.07, 6.45) is 34.4. The second-order valence-corrected chi connectivity index (χ2v) is 18.8. The second-order valence-electron chi connectivity index (χ2n) is 18.8. The van der Waals surface area contributed by atoms with Gasteiger partial charge in [0, 0.05) is 0 Å². The topological polar surface area (TPSA) is 77.5 Å². The number of hydrogen-bond donors (Lipinski definition) is 0. The second kappa shape index (κ2) is 36.6. The minimum atomic E-state index is -0.414. The molecule has 0 spiro atoms. The number of unbranched alkanes of at least 4 members (excludes halogenated alkanes) is 24. The molecule has 0 N–H and O–H groups in total. The predicted octanol–water partition coefficient (Wildman–Crippen LogP) is 12.9. The van der Waals surface area contributed by atoms with Crippen LogP contribution in [0, 0.1) is 0 Å². The van der Waals surface area contributed by atoms with Crippen molar-refractivity contribution < 1.29 is 28.5 Å². The average Bonchev–Trinajstić information content (AvgIpc) is 3.16. The van der Waals surface area contributed by atoms with E-state index >= 15 is 0 Å². The molecule has 0 radical (unpaired) electrons. The van der Waals surface area contributed by atoms with E-state index in [2.05, 4.69) is 23.6 Å². The van der Waals surface area contributed by atoms with Crippen molar-refractivity contribution in [1.82, 2.24) is 9.80 Å². The molecule has 0 aliphatic rings. The summed E-state index contributed by atoms with van der Waals surface area (Å²) in [6, 6.07) is -0.829. The lowest BCUT2D eigenvalue weighted by Gasteiger charge is -2.33. The lowest BCUT2D eigenvalue weighted by molar-refractivity contribution is -0.152. The van der Waals surface area contributed by atoms with Crippen LogP contribution in [0.2, 0.25) is 0 Å². The maximum atomic E-state index is 13.1. The first-order chi connectivity index (χ1) is 27.3. The third-order valence-electron chi connectivity index (χ3n) is 11.2. The highest BCUT2D eigenvalue weighted by molar-refractivity contribution is 5.76. The summed E-state index contributed by atoms with van der Waals surface area (Å²) < 4.78 is 22.9. The van der Waals surface area contributed by atoms with Crippen LogP contribution in [0.5, 0.6) is 0 Å². The van der Waals surface area contributed by atoms with Gasteiger partial charge in [-0.2, -0.15) is 0 Å². The van der Waals surface area contributed by atoms with Crippen LogP contribution in [-0.2, 0) is 28.5 Å². The Hall–Kier alpha value is -1.22. The lowest BCUT2D eigenvalue weighted by Crippen LogP contribution is -2.47. The zero-order valence-corrected chi connectivity index (χ0v) is 39.8. The van der Waals surface area contributed by atoms with Crippen molar-refractivity contribution in [3.05, 3.63) is 0 Å². The Labute approximate surface area is 355 Å². The first-order valence-electron chi connectivity index (χ1n) is 24.2. The molecular weight excluding hydrogens is 713 g/mol. The molecule has 0 heterocycles. The summed E-state index contributed by atoms with van der Waals surface area (Å²) in [7, 11) is 2.97. The van der Waals surface area contributed by atoms with E-state index in [4.69, 9.17) is 18.9 Å². The number of rotatable bonds is 40. The number of nitrogens with zero attached hydrogens (tertiary/aromatic N) is 2. The summed E-state index contributed by atoms with van der Waals surface area (Å²) in [5, 5.41) is 0. The van der Waals surface area contributed by atoms with E-state index in [9.17, 15) is 9.59 Å². The van der Waals surface area contributed by atoms with E-state index in [0.29, 0.717) is 13.2 Å². The van der Waals surface area contributed by atoms with Gasteiger partial charge < -0.3 is 18.9 Å². The SMILES string of the molecule is CCCCCCCCCCCCCCN(CCCCCN(CCCCCCCCCCCCCC)[C@@H](COC(C)(C)C)C(=O)OC)[C@@H](COC(C)(C)C)C(=O)OC. The average molecular weight is 811 g/mol. The predicted molar refractivity (Wildman–Crippen MR) is 242 cm³/mol. The molecule has 57 heavy (non-hydrogen) atoms. The Kier molecular flexibility index (Phi) is 35.8. The highest BCUT2D eigenvalue weighted by atomic mass is 16.5. The fourth-order valence-corrected chi connectivity index (χ4v) is 7.54. The van der Waals surface area contributed by atoms with Crippen molar-refractivity contribution in [2.45, 2.75) is 252 Å². The third-order valence-corrected chi connectivity index (χ3v) is 11.2. The van der Waals surface area contributed by atoms with Crippen LogP contribution in [0.25, 0.3) is 0 Å². The monoisotopic (exact) mass is 811 g/mol.